The molecule has 37 heavy (non-hydrogen) atoms. The van der Waals surface area contributed by atoms with Gasteiger partial charge in [-0.05, 0) is 78.4 Å². The van der Waals surface area contributed by atoms with Crippen LogP contribution in [-0.2, 0) is 0 Å². The number of para-hydroxylation sites is 1. The Morgan fingerprint density at radius 3 is 2.43 bits per heavy atom. The van der Waals surface area contributed by atoms with Crippen LogP contribution in [0.5, 0.6) is 0 Å². The number of nitrogens with zero attached hydrogens (tertiary/aromatic N) is 2. The summed E-state index contributed by atoms with van der Waals surface area (Å²) in [6.07, 6.45) is 4.80. The van der Waals surface area contributed by atoms with E-state index in [1.807, 2.05) is 60.7 Å². The number of carbonyl (C=O) groups is 1. The van der Waals surface area contributed by atoms with Crippen LogP contribution in [0.3, 0.4) is 0 Å². The van der Waals surface area contributed by atoms with Crippen LogP contribution >= 0.6 is 23.2 Å². The Morgan fingerprint density at radius 1 is 0.973 bits per heavy atom. The summed E-state index contributed by atoms with van der Waals surface area (Å²) in [5.74, 6) is -0.489. The molecule has 0 bridgehead atoms. The number of allylic oxidation sites excluding steroid dienone is 1. The van der Waals surface area contributed by atoms with E-state index in [9.17, 15) is 9.59 Å². The maximum atomic E-state index is 13.9. The monoisotopic (exact) mass is 528 g/mol. The third-order valence-electron chi connectivity index (χ3n) is 7.00. The zero-order chi connectivity index (χ0) is 25.5. The molecule has 2 heterocycles. The number of hydrogen-bond donors (Lipinski definition) is 0. The predicted molar refractivity (Wildman–Crippen MR) is 147 cm³/mol. The van der Waals surface area contributed by atoms with Crippen molar-refractivity contribution in [1.29, 1.82) is 0 Å². The van der Waals surface area contributed by atoms with Crippen LogP contribution in [0.4, 0.5) is 0 Å². The van der Waals surface area contributed by atoms with Gasteiger partial charge in [-0.1, -0.05) is 65.7 Å². The fraction of sp³-hybridized carbons (Fsp3) is 0.167. The van der Waals surface area contributed by atoms with Crippen LogP contribution in [0.15, 0.2) is 98.7 Å². The quantitative estimate of drug-likeness (QED) is 0.258. The molecule has 1 aromatic heterocycles. The molecule has 4 aromatic rings. The van der Waals surface area contributed by atoms with Crippen molar-refractivity contribution < 1.29 is 9.21 Å². The summed E-state index contributed by atoms with van der Waals surface area (Å²) < 4.78 is 5.47. The third-order valence-corrected chi connectivity index (χ3v) is 7.51. The van der Waals surface area contributed by atoms with Gasteiger partial charge in [-0.15, -0.1) is 0 Å². The van der Waals surface area contributed by atoms with E-state index >= 15 is 0 Å². The van der Waals surface area contributed by atoms with Crippen LogP contribution < -0.4 is 5.63 Å². The first kappa shape index (κ1) is 23.7. The van der Waals surface area contributed by atoms with Gasteiger partial charge < -0.3 is 4.42 Å². The van der Waals surface area contributed by atoms with Crippen LogP contribution in [0.1, 0.15) is 46.8 Å². The van der Waals surface area contributed by atoms with Crippen molar-refractivity contribution in [2.24, 2.45) is 11.0 Å². The van der Waals surface area contributed by atoms with Crippen molar-refractivity contribution >= 4 is 51.9 Å². The fourth-order valence-electron chi connectivity index (χ4n) is 5.26. The molecule has 184 valence electrons. The van der Waals surface area contributed by atoms with Crippen molar-refractivity contribution in [2.75, 3.05) is 0 Å². The SMILES string of the molecule is O=C(c1cc2ccccc2oc1=O)N1N=C2/C(=C\c3ccc(Cl)cc3)CCCC2C1c1ccc(Cl)cc1. The highest BCUT2D eigenvalue weighted by Crippen LogP contribution is 2.45. The zero-order valence-electron chi connectivity index (χ0n) is 19.7. The van der Waals surface area contributed by atoms with Crippen LogP contribution in [-0.4, -0.2) is 16.6 Å². The Balaban J connectivity index is 1.46. The molecule has 1 fully saturated rings. The smallest absolute Gasteiger partial charge is 0.349 e. The maximum Gasteiger partial charge on any atom is 0.349 e. The number of carbonyl (C=O) groups excluding carboxylic acids is 1. The Hall–Kier alpha value is -3.67. The van der Waals surface area contributed by atoms with E-state index in [1.54, 1.807) is 18.2 Å². The number of amides is 1. The number of halogens is 2. The molecule has 1 amide bonds. The number of benzene rings is 3. The summed E-state index contributed by atoms with van der Waals surface area (Å²) in [5.41, 5.74) is 3.62. The Bertz CT molecular complexity index is 1620. The second kappa shape index (κ2) is 9.66. The predicted octanol–water partition coefficient (Wildman–Crippen LogP) is 7.54. The third kappa shape index (κ3) is 4.50. The molecular weight excluding hydrogens is 507 g/mol. The molecule has 0 saturated heterocycles. The van der Waals surface area contributed by atoms with Crippen molar-refractivity contribution in [3.8, 4) is 0 Å². The first-order valence-electron chi connectivity index (χ1n) is 12.1. The van der Waals surface area contributed by atoms with Crippen molar-refractivity contribution in [2.45, 2.75) is 25.3 Å². The number of rotatable bonds is 3. The molecule has 0 N–H and O–H groups in total. The summed E-state index contributed by atoms with van der Waals surface area (Å²) in [5, 5.41) is 8.31. The zero-order valence-corrected chi connectivity index (χ0v) is 21.2. The van der Waals surface area contributed by atoms with E-state index in [-0.39, 0.29) is 17.5 Å². The molecule has 3 aromatic carbocycles. The largest absolute Gasteiger partial charge is 0.422 e. The van der Waals surface area contributed by atoms with Crippen LogP contribution in [0.2, 0.25) is 10.0 Å². The number of hydrazone groups is 1. The van der Waals surface area contributed by atoms with Gasteiger partial charge in [0.25, 0.3) is 5.91 Å². The topological polar surface area (TPSA) is 62.9 Å². The minimum atomic E-state index is -0.675. The lowest BCUT2D eigenvalue weighted by Gasteiger charge is -2.29. The van der Waals surface area contributed by atoms with Gasteiger partial charge in [0, 0.05) is 21.3 Å². The van der Waals surface area contributed by atoms with E-state index in [1.165, 1.54) is 5.01 Å². The molecule has 2 atom stereocenters. The molecule has 2 aliphatic rings. The second-order valence-electron chi connectivity index (χ2n) is 9.34. The summed E-state index contributed by atoms with van der Waals surface area (Å²) in [7, 11) is 0. The molecular formula is C30H22Cl2N2O3. The molecule has 2 unspecified atom stereocenters. The van der Waals surface area contributed by atoms with Gasteiger partial charge >= 0.3 is 5.63 Å². The standard InChI is InChI=1S/C30H22Cl2N2O3/c31-22-12-8-18(9-13-22)16-21-5-3-6-24-27(21)33-34(28(24)19-10-14-23(32)15-11-19)29(35)25-17-20-4-1-2-7-26(20)37-30(25)36/h1-2,4,7-17,24,28H,3,5-6H2/b21-16-. The molecule has 5 nitrogen and oxygen atoms in total. The fourth-order valence-corrected chi connectivity index (χ4v) is 5.51. The molecule has 1 aliphatic heterocycles. The molecule has 7 heteroatoms. The first-order chi connectivity index (χ1) is 18.0. The Labute approximate surface area is 223 Å². The molecule has 1 saturated carbocycles. The van der Waals surface area contributed by atoms with Gasteiger partial charge in [0.05, 0.1) is 11.8 Å². The van der Waals surface area contributed by atoms with E-state index < -0.39 is 11.5 Å². The second-order valence-corrected chi connectivity index (χ2v) is 10.2. The average Bonchev–Trinajstić information content (AvgIpc) is 3.30. The molecule has 1 aliphatic carbocycles. The summed E-state index contributed by atoms with van der Waals surface area (Å²) in [4.78, 5) is 26.8. The van der Waals surface area contributed by atoms with E-state index in [0.29, 0.717) is 21.0 Å². The normalized spacial score (nSPS) is 20.2. The van der Waals surface area contributed by atoms with Crippen molar-refractivity contribution in [1.82, 2.24) is 5.01 Å². The minimum absolute atomic E-state index is 0.00933. The van der Waals surface area contributed by atoms with Gasteiger partial charge in [-0.25, -0.2) is 9.80 Å². The van der Waals surface area contributed by atoms with Gasteiger partial charge in [-0.3, -0.25) is 4.79 Å². The molecule has 0 radical (unpaired) electrons. The molecule has 6 rings (SSSR count). The lowest BCUT2D eigenvalue weighted by molar-refractivity contribution is 0.0676. The Morgan fingerprint density at radius 2 is 1.68 bits per heavy atom. The highest BCUT2D eigenvalue weighted by Gasteiger charge is 2.44. The van der Waals surface area contributed by atoms with Gasteiger partial charge in [0.2, 0.25) is 0 Å². The van der Waals surface area contributed by atoms with Crippen LogP contribution in [0.25, 0.3) is 17.0 Å². The van der Waals surface area contributed by atoms with Crippen LogP contribution in [0, 0.1) is 5.92 Å². The average molecular weight is 529 g/mol. The minimum Gasteiger partial charge on any atom is -0.422 e. The molecule has 0 spiro atoms. The summed E-state index contributed by atoms with van der Waals surface area (Å²) >= 11 is 12.2. The lowest BCUT2D eigenvalue weighted by Crippen LogP contribution is -2.34. The Kier molecular flexibility index (Phi) is 6.19. The first-order valence-corrected chi connectivity index (χ1v) is 12.9. The van der Waals surface area contributed by atoms with Gasteiger partial charge in [-0.2, -0.15) is 5.10 Å². The lowest BCUT2D eigenvalue weighted by atomic mass is 9.77. The highest BCUT2D eigenvalue weighted by atomic mass is 35.5. The summed E-state index contributed by atoms with van der Waals surface area (Å²) in [6.45, 7) is 0. The number of fused-ring (bicyclic) bond motifs is 2. The van der Waals surface area contributed by atoms with E-state index in [4.69, 9.17) is 32.7 Å². The van der Waals surface area contributed by atoms with Crippen molar-refractivity contribution in [3.63, 3.8) is 0 Å². The summed E-state index contributed by atoms with van der Waals surface area (Å²) in [6, 6.07) is 23.5. The van der Waals surface area contributed by atoms with Gasteiger partial charge in [0.15, 0.2) is 0 Å². The van der Waals surface area contributed by atoms with E-state index in [0.717, 1.165) is 41.7 Å². The maximum absolute atomic E-state index is 13.9. The van der Waals surface area contributed by atoms with Crippen molar-refractivity contribution in [3.05, 3.63) is 122 Å². The highest BCUT2D eigenvalue weighted by molar-refractivity contribution is 6.30. The van der Waals surface area contributed by atoms with E-state index in [2.05, 4.69) is 6.08 Å². The number of hydrogen-bond acceptors (Lipinski definition) is 4. The van der Waals surface area contributed by atoms with Gasteiger partial charge in [0.1, 0.15) is 11.1 Å².